The summed E-state index contributed by atoms with van der Waals surface area (Å²) in [6, 6.07) is 6.16. The lowest BCUT2D eigenvalue weighted by Crippen LogP contribution is -2.26. The van der Waals surface area contributed by atoms with E-state index in [2.05, 4.69) is 38.5 Å². The minimum absolute atomic E-state index is 0.0237. The molecular weight excluding hydrogens is 294 g/mol. The van der Waals surface area contributed by atoms with Gasteiger partial charge in [0, 0.05) is 31.1 Å². The summed E-state index contributed by atoms with van der Waals surface area (Å²) in [4.78, 5) is 4.68. The van der Waals surface area contributed by atoms with Crippen LogP contribution in [0.25, 0.3) is 11.0 Å². The summed E-state index contributed by atoms with van der Waals surface area (Å²) < 4.78 is 8.59. The van der Waals surface area contributed by atoms with E-state index in [1.807, 2.05) is 12.1 Å². The van der Waals surface area contributed by atoms with Crippen molar-refractivity contribution < 1.29 is 4.74 Å². The third kappa shape index (κ3) is 2.58. The predicted molar refractivity (Wildman–Crippen MR) is 76.7 cm³/mol. The molecule has 0 radical (unpaired) electrons. The number of aryl methyl sites for hydroxylation is 1. The summed E-state index contributed by atoms with van der Waals surface area (Å²) in [5.41, 5.74) is 7.83. The van der Waals surface area contributed by atoms with Crippen molar-refractivity contribution in [1.29, 1.82) is 0 Å². The van der Waals surface area contributed by atoms with Crippen molar-refractivity contribution in [3.63, 3.8) is 0 Å². The van der Waals surface area contributed by atoms with Gasteiger partial charge in [0.1, 0.15) is 5.82 Å². The average molecular weight is 312 g/mol. The third-order valence-electron chi connectivity index (χ3n) is 3.11. The highest BCUT2D eigenvalue weighted by molar-refractivity contribution is 9.10. The molecule has 1 aromatic carbocycles. The Morgan fingerprint density at radius 2 is 2.28 bits per heavy atom. The number of ether oxygens (including phenoxy) is 1. The van der Waals surface area contributed by atoms with Gasteiger partial charge in [-0.3, -0.25) is 0 Å². The Morgan fingerprint density at radius 3 is 2.89 bits per heavy atom. The summed E-state index contributed by atoms with van der Waals surface area (Å²) in [5, 5.41) is 0. The van der Waals surface area contributed by atoms with Gasteiger partial charge in [-0.05, 0) is 25.1 Å². The van der Waals surface area contributed by atoms with Crippen molar-refractivity contribution in [3.8, 4) is 0 Å². The molecule has 0 amide bonds. The molecule has 1 heterocycles. The number of nitrogens with two attached hydrogens (primary N) is 1. The fourth-order valence-corrected chi connectivity index (χ4v) is 2.48. The van der Waals surface area contributed by atoms with E-state index in [9.17, 15) is 0 Å². The standard InChI is InChI=1S/C13H18BrN3O/c1-3-17-12-5-4-9(14)6-11(12)16-13(17)7-10(8-15)18-2/h4-6,10H,3,7-8,15H2,1-2H3. The number of fused-ring (bicyclic) bond motifs is 1. The van der Waals surface area contributed by atoms with E-state index in [0.717, 1.165) is 34.3 Å². The van der Waals surface area contributed by atoms with Crippen molar-refractivity contribution in [3.05, 3.63) is 28.5 Å². The lowest BCUT2D eigenvalue weighted by atomic mass is 10.2. The molecule has 0 aliphatic rings. The zero-order chi connectivity index (χ0) is 13.1. The molecule has 0 saturated heterocycles. The first-order chi connectivity index (χ1) is 8.69. The molecule has 98 valence electrons. The Balaban J connectivity index is 2.43. The van der Waals surface area contributed by atoms with Crippen LogP contribution in [-0.4, -0.2) is 29.3 Å². The Kier molecular flexibility index (Phi) is 4.37. The molecular formula is C13H18BrN3O. The molecule has 0 aliphatic heterocycles. The van der Waals surface area contributed by atoms with Crippen molar-refractivity contribution in [2.45, 2.75) is 26.0 Å². The van der Waals surface area contributed by atoms with Gasteiger partial charge in [0.15, 0.2) is 0 Å². The molecule has 2 aromatic rings. The van der Waals surface area contributed by atoms with Gasteiger partial charge in [-0.15, -0.1) is 0 Å². The molecule has 18 heavy (non-hydrogen) atoms. The van der Waals surface area contributed by atoms with Gasteiger partial charge in [0.25, 0.3) is 0 Å². The van der Waals surface area contributed by atoms with E-state index in [0.29, 0.717) is 6.54 Å². The van der Waals surface area contributed by atoms with Crippen LogP contribution in [0.5, 0.6) is 0 Å². The van der Waals surface area contributed by atoms with Crippen molar-refractivity contribution in [2.24, 2.45) is 5.73 Å². The maximum atomic E-state index is 5.67. The lowest BCUT2D eigenvalue weighted by molar-refractivity contribution is 0.107. The van der Waals surface area contributed by atoms with Crippen LogP contribution in [0.4, 0.5) is 0 Å². The molecule has 0 aliphatic carbocycles. The van der Waals surface area contributed by atoms with Gasteiger partial charge in [0.05, 0.1) is 17.1 Å². The fraction of sp³-hybridized carbons (Fsp3) is 0.462. The number of nitrogens with zero attached hydrogens (tertiary/aromatic N) is 2. The summed E-state index contributed by atoms with van der Waals surface area (Å²) in [7, 11) is 1.69. The summed E-state index contributed by atoms with van der Waals surface area (Å²) in [6.07, 6.45) is 0.767. The second-order valence-electron chi connectivity index (χ2n) is 4.20. The van der Waals surface area contributed by atoms with Crippen LogP contribution >= 0.6 is 15.9 Å². The Labute approximate surface area is 115 Å². The molecule has 0 spiro atoms. The molecule has 2 N–H and O–H groups in total. The second kappa shape index (κ2) is 5.82. The maximum Gasteiger partial charge on any atom is 0.112 e. The number of imidazole rings is 1. The van der Waals surface area contributed by atoms with Crippen molar-refractivity contribution >= 4 is 27.0 Å². The molecule has 4 nitrogen and oxygen atoms in total. The molecule has 0 bridgehead atoms. The van der Waals surface area contributed by atoms with Crippen LogP contribution in [0.1, 0.15) is 12.7 Å². The topological polar surface area (TPSA) is 53.1 Å². The van der Waals surface area contributed by atoms with Gasteiger partial charge in [-0.25, -0.2) is 4.98 Å². The number of hydrogen-bond donors (Lipinski definition) is 1. The summed E-state index contributed by atoms with van der Waals surface area (Å²) in [5.74, 6) is 1.03. The third-order valence-corrected chi connectivity index (χ3v) is 3.61. The maximum absolute atomic E-state index is 5.67. The van der Waals surface area contributed by atoms with Crippen LogP contribution in [0.3, 0.4) is 0 Å². The number of halogens is 1. The molecule has 1 aromatic heterocycles. The first-order valence-electron chi connectivity index (χ1n) is 6.07. The van der Waals surface area contributed by atoms with Crippen LogP contribution in [-0.2, 0) is 17.7 Å². The molecule has 5 heteroatoms. The molecule has 0 saturated carbocycles. The Morgan fingerprint density at radius 1 is 1.50 bits per heavy atom. The lowest BCUT2D eigenvalue weighted by Gasteiger charge is -2.13. The zero-order valence-corrected chi connectivity index (χ0v) is 12.3. The smallest absolute Gasteiger partial charge is 0.112 e. The Bertz CT molecular complexity index is 534. The van der Waals surface area contributed by atoms with Gasteiger partial charge >= 0.3 is 0 Å². The van der Waals surface area contributed by atoms with E-state index in [-0.39, 0.29) is 6.10 Å². The summed E-state index contributed by atoms with van der Waals surface area (Å²) >= 11 is 3.47. The highest BCUT2D eigenvalue weighted by Crippen LogP contribution is 2.21. The van der Waals surface area contributed by atoms with Crippen molar-refractivity contribution in [1.82, 2.24) is 9.55 Å². The molecule has 1 atom stereocenters. The van der Waals surface area contributed by atoms with Crippen LogP contribution in [0.15, 0.2) is 22.7 Å². The first-order valence-corrected chi connectivity index (χ1v) is 6.86. The molecule has 1 unspecified atom stereocenters. The number of benzene rings is 1. The molecule has 0 fully saturated rings. The quantitative estimate of drug-likeness (QED) is 0.922. The molecule has 2 rings (SSSR count). The van der Waals surface area contributed by atoms with E-state index >= 15 is 0 Å². The first kappa shape index (κ1) is 13.5. The normalized spacial score (nSPS) is 13.1. The van der Waals surface area contributed by atoms with Gasteiger partial charge in [-0.2, -0.15) is 0 Å². The van der Waals surface area contributed by atoms with Crippen LogP contribution in [0, 0.1) is 0 Å². The van der Waals surface area contributed by atoms with Crippen LogP contribution in [0.2, 0.25) is 0 Å². The predicted octanol–water partition coefficient (Wildman–Crippen LogP) is 2.33. The monoisotopic (exact) mass is 311 g/mol. The number of rotatable bonds is 5. The van der Waals surface area contributed by atoms with E-state index in [1.54, 1.807) is 7.11 Å². The largest absolute Gasteiger partial charge is 0.380 e. The van der Waals surface area contributed by atoms with Gasteiger partial charge < -0.3 is 15.0 Å². The van der Waals surface area contributed by atoms with Gasteiger partial charge in [-0.1, -0.05) is 15.9 Å². The number of hydrogen-bond acceptors (Lipinski definition) is 3. The SMILES string of the molecule is CCn1c(CC(CN)OC)nc2cc(Br)ccc21. The highest BCUT2D eigenvalue weighted by atomic mass is 79.9. The Hall–Kier alpha value is -0.910. The van der Waals surface area contributed by atoms with E-state index < -0.39 is 0 Å². The van der Waals surface area contributed by atoms with Crippen LogP contribution < -0.4 is 5.73 Å². The van der Waals surface area contributed by atoms with Gasteiger partial charge in [0.2, 0.25) is 0 Å². The highest BCUT2D eigenvalue weighted by Gasteiger charge is 2.14. The van der Waals surface area contributed by atoms with E-state index in [1.165, 1.54) is 0 Å². The zero-order valence-electron chi connectivity index (χ0n) is 10.7. The van der Waals surface area contributed by atoms with Crippen molar-refractivity contribution in [2.75, 3.05) is 13.7 Å². The van der Waals surface area contributed by atoms with E-state index in [4.69, 9.17) is 10.5 Å². The average Bonchev–Trinajstić information content (AvgIpc) is 2.71. The minimum atomic E-state index is 0.0237. The minimum Gasteiger partial charge on any atom is -0.380 e. The number of methoxy groups -OCH3 is 1. The second-order valence-corrected chi connectivity index (χ2v) is 5.12. The number of aromatic nitrogens is 2. The fourth-order valence-electron chi connectivity index (χ4n) is 2.13. The summed E-state index contributed by atoms with van der Waals surface area (Å²) in [6.45, 7) is 3.53.